The van der Waals surface area contributed by atoms with Crippen LogP contribution in [-0.4, -0.2) is 13.0 Å². The van der Waals surface area contributed by atoms with E-state index in [0.29, 0.717) is 12.3 Å². The first-order valence-electron chi connectivity index (χ1n) is 4.60. The highest BCUT2D eigenvalue weighted by molar-refractivity contribution is 5.15. The Balaban J connectivity index is 2.98. The molecule has 0 radical (unpaired) electrons. The summed E-state index contributed by atoms with van der Waals surface area (Å²) in [6.07, 6.45) is -2.49. The molecule has 1 aromatic heterocycles. The third-order valence-corrected chi connectivity index (χ3v) is 2.23. The van der Waals surface area contributed by atoms with Gasteiger partial charge in [0.1, 0.15) is 17.1 Å². The minimum absolute atomic E-state index is 0.284. The molecular formula is C10H15F2NO. The van der Waals surface area contributed by atoms with Crippen LogP contribution in [-0.2, 0) is 5.54 Å². The normalized spacial score (nSPS) is 15.9. The van der Waals surface area contributed by atoms with Crippen LogP contribution in [0.1, 0.15) is 25.4 Å². The molecule has 0 aliphatic heterocycles. The summed E-state index contributed by atoms with van der Waals surface area (Å²) in [7, 11) is 0. The predicted molar refractivity (Wildman–Crippen MR) is 50.5 cm³/mol. The fraction of sp³-hybridized carbons (Fsp3) is 0.600. The van der Waals surface area contributed by atoms with Gasteiger partial charge in [0.2, 0.25) is 0 Å². The van der Waals surface area contributed by atoms with Crippen molar-refractivity contribution >= 4 is 0 Å². The van der Waals surface area contributed by atoms with Crippen LogP contribution in [0.5, 0.6) is 0 Å². The maximum Gasteiger partial charge on any atom is 0.263 e. The van der Waals surface area contributed by atoms with E-state index in [4.69, 9.17) is 4.42 Å². The standard InChI is InChI=1S/C10H15F2NO/c1-4-13-10(3,9(11)12)8-6-5-7(2)14-8/h5-6,9,13H,4H2,1-3H3. The predicted octanol–water partition coefficient (Wildman–Crippen LogP) is 2.68. The van der Waals surface area contributed by atoms with Crippen LogP contribution in [0.25, 0.3) is 0 Å². The van der Waals surface area contributed by atoms with Gasteiger partial charge in [-0.25, -0.2) is 8.78 Å². The second-order valence-corrected chi connectivity index (χ2v) is 3.44. The molecule has 0 aliphatic rings. The lowest BCUT2D eigenvalue weighted by Gasteiger charge is -2.27. The van der Waals surface area contributed by atoms with E-state index in [9.17, 15) is 8.78 Å². The quantitative estimate of drug-likeness (QED) is 0.813. The van der Waals surface area contributed by atoms with Gasteiger partial charge in [0.05, 0.1) is 0 Å². The highest BCUT2D eigenvalue weighted by Gasteiger charge is 2.38. The van der Waals surface area contributed by atoms with Crippen LogP contribution in [0.3, 0.4) is 0 Å². The van der Waals surface area contributed by atoms with Gasteiger partial charge < -0.3 is 9.73 Å². The van der Waals surface area contributed by atoms with Crippen molar-refractivity contribution < 1.29 is 13.2 Å². The molecule has 1 N–H and O–H groups in total. The van der Waals surface area contributed by atoms with Crippen molar-refractivity contribution in [3.8, 4) is 0 Å². The molecule has 1 atom stereocenters. The van der Waals surface area contributed by atoms with Crippen molar-refractivity contribution in [2.75, 3.05) is 6.54 Å². The first-order valence-corrected chi connectivity index (χ1v) is 4.60. The van der Waals surface area contributed by atoms with Crippen molar-refractivity contribution in [3.63, 3.8) is 0 Å². The summed E-state index contributed by atoms with van der Waals surface area (Å²) in [5.74, 6) is 0.927. The maximum absolute atomic E-state index is 12.8. The molecule has 0 aromatic carbocycles. The average Bonchev–Trinajstić information content (AvgIpc) is 2.52. The number of alkyl halides is 2. The maximum atomic E-state index is 12.8. The summed E-state index contributed by atoms with van der Waals surface area (Å²) in [6, 6.07) is 3.28. The zero-order valence-corrected chi connectivity index (χ0v) is 8.60. The third kappa shape index (κ3) is 1.95. The molecule has 0 bridgehead atoms. The minimum Gasteiger partial charge on any atom is -0.464 e. The lowest BCUT2D eigenvalue weighted by molar-refractivity contribution is 0.0261. The molecule has 0 aliphatic carbocycles. The van der Waals surface area contributed by atoms with E-state index in [0.717, 1.165) is 0 Å². The van der Waals surface area contributed by atoms with Gasteiger partial charge in [0, 0.05) is 0 Å². The molecule has 0 fully saturated rings. The number of hydrogen-bond acceptors (Lipinski definition) is 2. The number of halogens is 2. The van der Waals surface area contributed by atoms with E-state index in [-0.39, 0.29) is 5.76 Å². The van der Waals surface area contributed by atoms with Crippen LogP contribution in [0.2, 0.25) is 0 Å². The second kappa shape index (κ2) is 4.09. The third-order valence-electron chi connectivity index (χ3n) is 2.23. The number of furan rings is 1. The summed E-state index contributed by atoms with van der Waals surface area (Å²) in [5.41, 5.74) is -1.39. The molecule has 1 heterocycles. The van der Waals surface area contributed by atoms with Gasteiger partial charge in [0.25, 0.3) is 6.43 Å². The SMILES string of the molecule is CCNC(C)(c1ccc(C)o1)C(F)F. The van der Waals surface area contributed by atoms with E-state index >= 15 is 0 Å². The van der Waals surface area contributed by atoms with Crippen molar-refractivity contribution in [3.05, 3.63) is 23.7 Å². The van der Waals surface area contributed by atoms with E-state index < -0.39 is 12.0 Å². The summed E-state index contributed by atoms with van der Waals surface area (Å²) in [6.45, 7) is 5.44. The average molecular weight is 203 g/mol. The Morgan fingerprint density at radius 2 is 2.14 bits per heavy atom. The summed E-state index contributed by atoms with van der Waals surface area (Å²) in [5, 5.41) is 2.74. The van der Waals surface area contributed by atoms with Crippen LogP contribution in [0.15, 0.2) is 16.5 Å². The van der Waals surface area contributed by atoms with Gasteiger partial charge in [-0.05, 0) is 32.5 Å². The lowest BCUT2D eigenvalue weighted by atomic mass is 10.00. The Bertz CT molecular complexity index is 298. The molecule has 0 spiro atoms. The number of nitrogens with one attached hydrogen (secondary N) is 1. The first-order chi connectivity index (χ1) is 6.50. The van der Waals surface area contributed by atoms with Crippen LogP contribution >= 0.6 is 0 Å². The Labute approximate surface area is 82.3 Å². The molecule has 2 nitrogen and oxygen atoms in total. The van der Waals surface area contributed by atoms with Gasteiger partial charge in [0.15, 0.2) is 0 Å². The van der Waals surface area contributed by atoms with E-state index in [1.807, 2.05) is 0 Å². The molecule has 0 saturated heterocycles. The molecule has 0 saturated carbocycles. The van der Waals surface area contributed by atoms with Crippen LogP contribution < -0.4 is 5.32 Å². The number of rotatable bonds is 4. The molecule has 1 aromatic rings. The Morgan fingerprint density at radius 3 is 2.50 bits per heavy atom. The van der Waals surface area contributed by atoms with Gasteiger partial charge in [-0.3, -0.25) is 0 Å². The topological polar surface area (TPSA) is 25.2 Å². The van der Waals surface area contributed by atoms with Gasteiger partial charge >= 0.3 is 0 Å². The molecular weight excluding hydrogens is 188 g/mol. The van der Waals surface area contributed by atoms with E-state index in [1.165, 1.54) is 6.92 Å². The van der Waals surface area contributed by atoms with Gasteiger partial charge in [-0.15, -0.1) is 0 Å². The largest absolute Gasteiger partial charge is 0.464 e. The summed E-state index contributed by atoms with van der Waals surface area (Å²) < 4.78 is 30.9. The zero-order valence-electron chi connectivity index (χ0n) is 8.60. The lowest BCUT2D eigenvalue weighted by Crippen LogP contribution is -2.45. The van der Waals surface area contributed by atoms with Crippen LogP contribution in [0.4, 0.5) is 8.78 Å². The molecule has 4 heteroatoms. The second-order valence-electron chi connectivity index (χ2n) is 3.44. The number of aryl methyl sites for hydroxylation is 1. The smallest absolute Gasteiger partial charge is 0.263 e. The molecule has 0 amide bonds. The van der Waals surface area contributed by atoms with Crippen molar-refractivity contribution in [2.24, 2.45) is 0 Å². The van der Waals surface area contributed by atoms with Crippen molar-refractivity contribution in [1.29, 1.82) is 0 Å². The Hall–Kier alpha value is -0.900. The summed E-state index contributed by atoms with van der Waals surface area (Å²) >= 11 is 0. The van der Waals surface area contributed by atoms with Gasteiger partial charge in [-0.2, -0.15) is 0 Å². The monoisotopic (exact) mass is 203 g/mol. The van der Waals surface area contributed by atoms with E-state index in [2.05, 4.69) is 5.32 Å². The Morgan fingerprint density at radius 1 is 1.50 bits per heavy atom. The van der Waals surface area contributed by atoms with Crippen molar-refractivity contribution in [2.45, 2.75) is 32.7 Å². The summed E-state index contributed by atoms with van der Waals surface area (Å²) in [4.78, 5) is 0. The molecule has 1 unspecified atom stereocenters. The molecule has 80 valence electrons. The zero-order chi connectivity index (χ0) is 10.8. The Kier molecular flexibility index (Phi) is 3.26. The highest BCUT2D eigenvalue weighted by atomic mass is 19.3. The van der Waals surface area contributed by atoms with Crippen LogP contribution in [0, 0.1) is 6.92 Å². The molecule has 1 rings (SSSR count). The fourth-order valence-corrected chi connectivity index (χ4v) is 1.35. The number of hydrogen-bond donors (Lipinski definition) is 1. The fourth-order valence-electron chi connectivity index (χ4n) is 1.35. The van der Waals surface area contributed by atoms with Crippen molar-refractivity contribution in [1.82, 2.24) is 5.32 Å². The van der Waals surface area contributed by atoms with E-state index in [1.54, 1.807) is 26.0 Å². The first kappa shape index (κ1) is 11.2. The molecule has 14 heavy (non-hydrogen) atoms. The minimum atomic E-state index is -2.49. The van der Waals surface area contributed by atoms with Gasteiger partial charge in [-0.1, -0.05) is 6.92 Å². The highest BCUT2D eigenvalue weighted by Crippen LogP contribution is 2.29.